The molecule has 3 heterocycles. The molecule has 0 spiro atoms. The normalized spacial score (nSPS) is 15.3. The number of ether oxygens (including phenoxy) is 1. The summed E-state index contributed by atoms with van der Waals surface area (Å²) in [6.07, 6.45) is 4.38. The van der Waals surface area contributed by atoms with Crippen molar-refractivity contribution in [3.63, 3.8) is 0 Å². The van der Waals surface area contributed by atoms with Gasteiger partial charge in [-0.25, -0.2) is 18.7 Å². The van der Waals surface area contributed by atoms with Crippen molar-refractivity contribution in [1.82, 2.24) is 20.3 Å². The van der Waals surface area contributed by atoms with Gasteiger partial charge >= 0.3 is 0 Å². The molecule has 0 atom stereocenters. The molecule has 160 valence electrons. The third-order valence-electron chi connectivity index (χ3n) is 4.39. The number of hydrogen-bond acceptors (Lipinski definition) is 8. The number of thiazole rings is 1. The Morgan fingerprint density at radius 3 is 2.73 bits per heavy atom. The largest absolute Gasteiger partial charge is 0.473 e. The fourth-order valence-electron chi connectivity index (χ4n) is 2.95. The second-order valence-corrected chi connectivity index (χ2v) is 7.52. The number of anilines is 2. The number of aromatic nitrogens is 3. The lowest BCUT2D eigenvalue weighted by atomic mass is 10.1. The van der Waals surface area contributed by atoms with Crippen LogP contribution in [0.5, 0.6) is 5.88 Å². The third kappa shape index (κ3) is 4.97. The molecule has 2 aromatic heterocycles. The Balaban J connectivity index is 1.84. The molecular weight excluding hydrogens is 414 g/mol. The van der Waals surface area contributed by atoms with Crippen LogP contribution in [0, 0.1) is 0 Å². The first-order valence-electron chi connectivity index (χ1n) is 9.29. The minimum absolute atomic E-state index is 0.00694. The molecule has 0 radical (unpaired) electrons. The van der Waals surface area contributed by atoms with Gasteiger partial charge in [-0.2, -0.15) is 4.98 Å². The van der Waals surface area contributed by atoms with E-state index in [1.165, 1.54) is 12.5 Å². The number of amides is 1. The van der Waals surface area contributed by atoms with Crippen molar-refractivity contribution in [1.29, 1.82) is 0 Å². The lowest BCUT2D eigenvalue weighted by Crippen LogP contribution is -2.34. The summed E-state index contributed by atoms with van der Waals surface area (Å²) in [7, 11) is 1.58. The van der Waals surface area contributed by atoms with E-state index in [1.807, 2.05) is 0 Å². The van der Waals surface area contributed by atoms with Crippen LogP contribution in [0.4, 0.5) is 19.5 Å². The standard InChI is InChI=1S/C19H22F2N6O2S/c1-10(20)14(11(2)21)18-27-15(19(22-3)30-18)16(28)26-13-8-24-9-25-17(13)29-12-4-6-23-7-5-12/h8-9,12,22-23H,1,4-7H2,2-3H3,(H,26,28)/b14-11-. The maximum absolute atomic E-state index is 13.8. The smallest absolute Gasteiger partial charge is 0.277 e. The molecule has 1 saturated heterocycles. The number of halogens is 2. The monoisotopic (exact) mass is 436 g/mol. The van der Waals surface area contributed by atoms with Gasteiger partial charge in [0, 0.05) is 7.05 Å². The van der Waals surface area contributed by atoms with Crippen LogP contribution in [0.25, 0.3) is 5.57 Å². The predicted molar refractivity (Wildman–Crippen MR) is 112 cm³/mol. The predicted octanol–water partition coefficient (Wildman–Crippen LogP) is 3.54. The first kappa shape index (κ1) is 21.8. The summed E-state index contributed by atoms with van der Waals surface area (Å²) in [6, 6.07) is 0. The van der Waals surface area contributed by atoms with Crippen LogP contribution in [-0.2, 0) is 0 Å². The van der Waals surface area contributed by atoms with E-state index < -0.39 is 17.6 Å². The highest BCUT2D eigenvalue weighted by Crippen LogP contribution is 2.35. The SMILES string of the molecule is C=C(F)/C(=C(\C)F)c1nc(C(=O)Nc2cncnc2OC2CCNCC2)c(NC)s1. The van der Waals surface area contributed by atoms with Crippen molar-refractivity contribution in [2.45, 2.75) is 25.9 Å². The van der Waals surface area contributed by atoms with E-state index in [0.29, 0.717) is 5.00 Å². The highest BCUT2D eigenvalue weighted by Gasteiger charge is 2.24. The molecule has 30 heavy (non-hydrogen) atoms. The second kappa shape index (κ2) is 9.72. The fourth-order valence-corrected chi connectivity index (χ4v) is 3.97. The second-order valence-electron chi connectivity index (χ2n) is 6.52. The molecule has 0 saturated carbocycles. The molecule has 1 fully saturated rings. The van der Waals surface area contributed by atoms with Crippen LogP contribution in [0.1, 0.15) is 35.3 Å². The summed E-state index contributed by atoms with van der Waals surface area (Å²) in [4.78, 5) is 25.0. The van der Waals surface area contributed by atoms with Gasteiger partial charge in [-0.1, -0.05) is 17.9 Å². The molecule has 1 amide bonds. The first-order valence-corrected chi connectivity index (χ1v) is 10.1. The number of hydrogen-bond donors (Lipinski definition) is 3. The van der Waals surface area contributed by atoms with E-state index in [0.717, 1.165) is 44.2 Å². The molecule has 3 rings (SSSR count). The summed E-state index contributed by atoms with van der Waals surface area (Å²) >= 11 is 0.945. The quantitative estimate of drug-likeness (QED) is 0.571. The van der Waals surface area contributed by atoms with Gasteiger partial charge in [0.05, 0.1) is 11.8 Å². The Hall–Kier alpha value is -2.92. The van der Waals surface area contributed by atoms with Crippen LogP contribution in [0.2, 0.25) is 0 Å². The third-order valence-corrected chi connectivity index (χ3v) is 5.48. The number of nitrogens with one attached hydrogen (secondary N) is 3. The Morgan fingerprint density at radius 1 is 1.37 bits per heavy atom. The van der Waals surface area contributed by atoms with Crippen LogP contribution in [0.15, 0.2) is 30.8 Å². The van der Waals surface area contributed by atoms with Gasteiger partial charge in [-0.3, -0.25) is 4.79 Å². The lowest BCUT2D eigenvalue weighted by Gasteiger charge is -2.24. The number of carbonyl (C=O) groups is 1. The molecule has 0 unspecified atom stereocenters. The molecule has 8 nitrogen and oxygen atoms in total. The van der Waals surface area contributed by atoms with Crippen molar-refractivity contribution in [3.05, 3.63) is 41.5 Å². The molecule has 3 N–H and O–H groups in total. The summed E-state index contributed by atoms with van der Waals surface area (Å²) in [5.41, 5.74) is -0.104. The maximum atomic E-state index is 13.8. The number of allylic oxidation sites excluding steroid dienone is 3. The summed E-state index contributed by atoms with van der Waals surface area (Å²) in [5, 5.41) is 9.10. The van der Waals surface area contributed by atoms with E-state index in [-0.39, 0.29) is 33.9 Å². The van der Waals surface area contributed by atoms with Gasteiger partial charge in [0.25, 0.3) is 5.91 Å². The van der Waals surface area contributed by atoms with E-state index in [1.54, 1.807) is 7.05 Å². The lowest BCUT2D eigenvalue weighted by molar-refractivity contribution is 0.102. The zero-order valence-electron chi connectivity index (χ0n) is 16.6. The Morgan fingerprint density at radius 2 is 2.10 bits per heavy atom. The van der Waals surface area contributed by atoms with Gasteiger partial charge in [0.1, 0.15) is 39.8 Å². The highest BCUT2D eigenvalue weighted by atomic mass is 32.1. The average Bonchev–Trinajstić information content (AvgIpc) is 3.13. The van der Waals surface area contributed by atoms with Crippen molar-refractivity contribution in [2.75, 3.05) is 30.8 Å². The Labute approximate surface area is 176 Å². The Kier molecular flexibility index (Phi) is 7.06. The first-order chi connectivity index (χ1) is 14.4. The van der Waals surface area contributed by atoms with E-state index in [4.69, 9.17) is 4.74 Å². The van der Waals surface area contributed by atoms with E-state index >= 15 is 0 Å². The van der Waals surface area contributed by atoms with Gasteiger partial charge < -0.3 is 20.7 Å². The van der Waals surface area contributed by atoms with E-state index in [9.17, 15) is 13.6 Å². The molecule has 0 aliphatic carbocycles. The maximum Gasteiger partial charge on any atom is 0.277 e. The van der Waals surface area contributed by atoms with Crippen LogP contribution >= 0.6 is 11.3 Å². The molecular formula is C19H22F2N6O2S. The van der Waals surface area contributed by atoms with Crippen molar-refractivity contribution in [2.24, 2.45) is 0 Å². The zero-order valence-corrected chi connectivity index (χ0v) is 17.4. The van der Waals surface area contributed by atoms with Crippen molar-refractivity contribution >= 4 is 33.5 Å². The van der Waals surface area contributed by atoms with Gasteiger partial charge in [0.15, 0.2) is 5.69 Å². The van der Waals surface area contributed by atoms with Gasteiger partial charge in [0.2, 0.25) is 5.88 Å². The number of nitrogens with zero attached hydrogens (tertiary/aromatic N) is 3. The molecule has 2 aromatic rings. The number of rotatable bonds is 7. The minimum atomic E-state index is -0.965. The van der Waals surface area contributed by atoms with Crippen molar-refractivity contribution < 1.29 is 18.3 Å². The average molecular weight is 436 g/mol. The molecule has 1 aliphatic rings. The zero-order chi connectivity index (χ0) is 21.7. The van der Waals surface area contributed by atoms with Crippen LogP contribution < -0.4 is 20.7 Å². The number of piperidine rings is 1. The summed E-state index contributed by atoms with van der Waals surface area (Å²) in [6.45, 7) is 5.93. The fraction of sp³-hybridized carbons (Fsp3) is 0.368. The van der Waals surface area contributed by atoms with Gasteiger partial charge in [-0.05, 0) is 32.9 Å². The van der Waals surface area contributed by atoms with Crippen LogP contribution in [0.3, 0.4) is 0 Å². The Bertz CT molecular complexity index is 968. The summed E-state index contributed by atoms with van der Waals surface area (Å²) < 4.78 is 33.4. The minimum Gasteiger partial charge on any atom is -0.473 e. The highest BCUT2D eigenvalue weighted by molar-refractivity contribution is 7.17. The topological polar surface area (TPSA) is 101 Å². The molecule has 0 aromatic carbocycles. The van der Waals surface area contributed by atoms with Crippen molar-refractivity contribution in [3.8, 4) is 5.88 Å². The molecule has 11 heteroatoms. The summed E-state index contributed by atoms with van der Waals surface area (Å²) in [5.74, 6) is -2.08. The van der Waals surface area contributed by atoms with Gasteiger partial charge in [-0.15, -0.1) is 0 Å². The van der Waals surface area contributed by atoms with Crippen LogP contribution in [-0.4, -0.2) is 47.1 Å². The molecule has 1 aliphatic heterocycles. The number of carbonyl (C=O) groups excluding carboxylic acids is 1. The molecule has 0 bridgehead atoms. The van der Waals surface area contributed by atoms with E-state index in [2.05, 4.69) is 37.5 Å².